The van der Waals surface area contributed by atoms with Crippen molar-refractivity contribution >= 4 is 33.6 Å². The summed E-state index contributed by atoms with van der Waals surface area (Å²) >= 11 is 0. The fraction of sp³-hybridized carbons (Fsp3) is 0.188. The fourth-order valence-electron chi connectivity index (χ4n) is 3.11. The number of fused-ring (bicyclic) bond motifs is 3. The highest BCUT2D eigenvalue weighted by molar-refractivity contribution is 6.09. The molecule has 1 atom stereocenters. The largest absolute Gasteiger partial charge is 0.327 e. The zero-order valence-electron chi connectivity index (χ0n) is 11.2. The van der Waals surface area contributed by atoms with Crippen LogP contribution < -0.4 is 5.32 Å². The molecule has 1 N–H and O–H groups in total. The lowest BCUT2D eigenvalue weighted by Crippen LogP contribution is -2.41. The van der Waals surface area contributed by atoms with Crippen molar-refractivity contribution in [1.29, 1.82) is 0 Å². The Morgan fingerprint density at radius 3 is 2.76 bits per heavy atom. The van der Waals surface area contributed by atoms with Crippen LogP contribution in [0.1, 0.15) is 18.9 Å². The summed E-state index contributed by atoms with van der Waals surface area (Å²) in [6, 6.07) is 9.57. The molecule has 104 valence electrons. The van der Waals surface area contributed by atoms with Crippen molar-refractivity contribution in [2.75, 3.05) is 0 Å². The second kappa shape index (κ2) is 4.41. The number of carbonyl (C=O) groups is 2. The Hall–Kier alpha value is -2.69. The first-order valence-electron chi connectivity index (χ1n) is 6.92. The Labute approximate surface area is 120 Å². The third kappa shape index (κ3) is 1.74. The molecule has 0 saturated carbocycles. The molecule has 5 heteroatoms. The molecule has 5 nitrogen and oxygen atoms in total. The maximum absolute atomic E-state index is 12.2. The first-order valence-corrected chi connectivity index (χ1v) is 6.92. The average molecular weight is 279 g/mol. The number of imide groups is 1. The van der Waals surface area contributed by atoms with E-state index in [9.17, 15) is 9.59 Å². The zero-order chi connectivity index (χ0) is 14.4. The number of hydrogen-bond donors (Lipinski definition) is 1. The van der Waals surface area contributed by atoms with Gasteiger partial charge in [0.05, 0.1) is 11.7 Å². The number of hydrogen-bond acceptors (Lipinski definition) is 3. The Bertz CT molecular complexity index is 828. The number of carbonyl (C=O) groups excluding carboxylic acids is 2. The van der Waals surface area contributed by atoms with Gasteiger partial charge in [0.15, 0.2) is 0 Å². The van der Waals surface area contributed by atoms with Crippen LogP contribution in [0.15, 0.2) is 42.7 Å². The highest BCUT2D eigenvalue weighted by atomic mass is 16.2. The highest BCUT2D eigenvalue weighted by Crippen LogP contribution is 2.33. The molecular weight excluding hydrogens is 266 g/mol. The number of rotatable bonds is 1. The van der Waals surface area contributed by atoms with Gasteiger partial charge in [-0.2, -0.15) is 0 Å². The molecule has 4 rings (SSSR count). The van der Waals surface area contributed by atoms with Crippen molar-refractivity contribution in [3.63, 3.8) is 0 Å². The minimum Gasteiger partial charge on any atom is -0.327 e. The molecule has 0 bridgehead atoms. The quantitative estimate of drug-likeness (QED) is 0.694. The van der Waals surface area contributed by atoms with Crippen molar-refractivity contribution in [3.05, 3.63) is 42.7 Å². The lowest BCUT2D eigenvalue weighted by Gasteiger charge is -2.23. The summed E-state index contributed by atoms with van der Waals surface area (Å²) in [4.78, 5) is 27.8. The van der Waals surface area contributed by atoms with E-state index in [4.69, 9.17) is 0 Å². The second-order valence-electron chi connectivity index (χ2n) is 5.25. The van der Waals surface area contributed by atoms with Gasteiger partial charge in [0, 0.05) is 28.9 Å². The SMILES string of the molecule is O=C1CC[C@@H](n2c3ccccc3c3ccncc32)C(=O)N1. The molecule has 1 fully saturated rings. The first-order chi connectivity index (χ1) is 10.3. The van der Waals surface area contributed by atoms with E-state index in [2.05, 4.69) is 10.3 Å². The van der Waals surface area contributed by atoms with Crippen LogP contribution in [0.4, 0.5) is 0 Å². The number of piperidine rings is 1. The van der Waals surface area contributed by atoms with Crippen LogP contribution in [-0.4, -0.2) is 21.4 Å². The summed E-state index contributed by atoms with van der Waals surface area (Å²) in [6.07, 6.45) is 4.42. The normalized spacial score (nSPS) is 19.1. The summed E-state index contributed by atoms with van der Waals surface area (Å²) in [7, 11) is 0. The summed E-state index contributed by atoms with van der Waals surface area (Å²) in [5.41, 5.74) is 1.92. The molecule has 1 aliphatic heterocycles. The molecule has 3 aromatic rings. The molecule has 1 saturated heterocycles. The van der Waals surface area contributed by atoms with Gasteiger partial charge in [-0.15, -0.1) is 0 Å². The molecule has 0 spiro atoms. The van der Waals surface area contributed by atoms with Crippen LogP contribution in [-0.2, 0) is 9.59 Å². The standard InChI is InChI=1S/C16H13N3O2/c20-15-6-5-13(16(21)18-15)19-12-4-2-1-3-10(12)11-7-8-17-9-14(11)19/h1-4,7-9,13H,5-6H2,(H,18,20,21)/t13-/m1/s1. The molecular formula is C16H13N3O2. The van der Waals surface area contributed by atoms with Crippen molar-refractivity contribution in [2.24, 2.45) is 0 Å². The third-order valence-corrected chi connectivity index (χ3v) is 4.04. The molecule has 0 unspecified atom stereocenters. The third-order valence-electron chi connectivity index (χ3n) is 4.04. The van der Waals surface area contributed by atoms with E-state index in [0.29, 0.717) is 12.8 Å². The lowest BCUT2D eigenvalue weighted by atomic mass is 10.1. The monoisotopic (exact) mass is 279 g/mol. The van der Waals surface area contributed by atoms with Crippen LogP contribution in [0.3, 0.4) is 0 Å². The maximum Gasteiger partial charge on any atom is 0.249 e. The van der Waals surface area contributed by atoms with Gasteiger partial charge in [0.25, 0.3) is 0 Å². The van der Waals surface area contributed by atoms with Gasteiger partial charge in [0.1, 0.15) is 6.04 Å². The van der Waals surface area contributed by atoms with E-state index in [1.807, 2.05) is 34.9 Å². The lowest BCUT2D eigenvalue weighted by molar-refractivity contribution is -0.135. The van der Waals surface area contributed by atoms with E-state index in [1.54, 1.807) is 12.4 Å². The van der Waals surface area contributed by atoms with Crippen LogP contribution in [0.2, 0.25) is 0 Å². The number of nitrogens with zero attached hydrogens (tertiary/aromatic N) is 2. The van der Waals surface area contributed by atoms with Gasteiger partial charge >= 0.3 is 0 Å². The maximum atomic E-state index is 12.2. The van der Waals surface area contributed by atoms with E-state index in [0.717, 1.165) is 21.8 Å². The summed E-state index contributed by atoms with van der Waals surface area (Å²) in [5, 5.41) is 4.60. The zero-order valence-corrected chi connectivity index (χ0v) is 11.2. The van der Waals surface area contributed by atoms with Gasteiger partial charge in [-0.1, -0.05) is 18.2 Å². The Morgan fingerprint density at radius 1 is 1.10 bits per heavy atom. The Balaban J connectivity index is 2.02. The van der Waals surface area contributed by atoms with E-state index >= 15 is 0 Å². The van der Waals surface area contributed by atoms with E-state index < -0.39 is 0 Å². The van der Waals surface area contributed by atoms with Crippen LogP contribution in [0, 0.1) is 0 Å². The molecule has 2 aromatic heterocycles. The number of para-hydroxylation sites is 1. The highest BCUT2D eigenvalue weighted by Gasteiger charge is 2.30. The number of pyridine rings is 1. The predicted molar refractivity (Wildman–Crippen MR) is 78.7 cm³/mol. The first kappa shape index (κ1) is 12.1. The summed E-state index contributed by atoms with van der Waals surface area (Å²) in [6.45, 7) is 0. The molecule has 0 aliphatic carbocycles. The fourth-order valence-corrected chi connectivity index (χ4v) is 3.11. The van der Waals surface area contributed by atoms with E-state index in [-0.39, 0.29) is 17.9 Å². The number of aromatic nitrogens is 2. The molecule has 3 heterocycles. The molecule has 21 heavy (non-hydrogen) atoms. The van der Waals surface area contributed by atoms with Gasteiger partial charge in [-0.25, -0.2) is 0 Å². The van der Waals surface area contributed by atoms with Crippen molar-refractivity contribution in [3.8, 4) is 0 Å². The summed E-state index contributed by atoms with van der Waals surface area (Å²) in [5.74, 6) is -0.437. The van der Waals surface area contributed by atoms with Crippen molar-refractivity contribution in [2.45, 2.75) is 18.9 Å². The number of nitrogens with one attached hydrogen (secondary N) is 1. The van der Waals surface area contributed by atoms with Gasteiger partial charge < -0.3 is 4.57 Å². The van der Waals surface area contributed by atoms with Gasteiger partial charge in [-0.3, -0.25) is 19.9 Å². The van der Waals surface area contributed by atoms with Gasteiger partial charge in [0.2, 0.25) is 11.8 Å². The Morgan fingerprint density at radius 2 is 1.90 bits per heavy atom. The van der Waals surface area contributed by atoms with Crippen LogP contribution >= 0.6 is 0 Å². The molecule has 0 radical (unpaired) electrons. The van der Waals surface area contributed by atoms with Gasteiger partial charge in [-0.05, 0) is 18.6 Å². The minimum absolute atomic E-state index is 0.199. The predicted octanol–water partition coefficient (Wildman–Crippen LogP) is 2.17. The minimum atomic E-state index is -0.366. The van der Waals surface area contributed by atoms with Crippen molar-refractivity contribution in [1.82, 2.24) is 14.9 Å². The average Bonchev–Trinajstić information content (AvgIpc) is 2.82. The molecule has 2 amide bonds. The summed E-state index contributed by atoms with van der Waals surface area (Å²) < 4.78 is 2.00. The number of amides is 2. The van der Waals surface area contributed by atoms with E-state index in [1.165, 1.54) is 0 Å². The van der Waals surface area contributed by atoms with Crippen LogP contribution in [0.25, 0.3) is 21.8 Å². The molecule has 1 aliphatic rings. The second-order valence-corrected chi connectivity index (χ2v) is 5.25. The smallest absolute Gasteiger partial charge is 0.249 e. The van der Waals surface area contributed by atoms with Crippen LogP contribution in [0.5, 0.6) is 0 Å². The molecule has 1 aromatic carbocycles. The topological polar surface area (TPSA) is 64.0 Å². The van der Waals surface area contributed by atoms with Crippen molar-refractivity contribution < 1.29 is 9.59 Å². The Kier molecular flexibility index (Phi) is 2.54. The number of benzene rings is 1.